The molecule has 0 aromatic heterocycles. The standard InChI is InChI=1S/C14H20ClNO2/c1-10-3-6-14(13(15)7-10)17-9-12-5-4-11(18-12)8-16-2/h3,6-7,11-12,16H,4-5,8-9H2,1-2H3. The lowest BCUT2D eigenvalue weighted by atomic mass is 10.2. The monoisotopic (exact) mass is 269 g/mol. The van der Waals surface area contributed by atoms with Crippen molar-refractivity contribution >= 4 is 11.6 Å². The average Bonchev–Trinajstić information content (AvgIpc) is 2.76. The second-order valence-corrected chi connectivity index (χ2v) is 5.17. The summed E-state index contributed by atoms with van der Waals surface area (Å²) < 4.78 is 11.6. The molecule has 1 aliphatic rings. The molecule has 1 fully saturated rings. The van der Waals surface area contributed by atoms with Crippen LogP contribution in [0.4, 0.5) is 0 Å². The SMILES string of the molecule is CNCC1CCC(COc2ccc(C)cc2Cl)O1. The Hall–Kier alpha value is -0.770. The highest BCUT2D eigenvalue weighted by Crippen LogP contribution is 2.27. The van der Waals surface area contributed by atoms with E-state index >= 15 is 0 Å². The van der Waals surface area contributed by atoms with Gasteiger partial charge in [0.2, 0.25) is 0 Å². The van der Waals surface area contributed by atoms with Gasteiger partial charge in [-0.3, -0.25) is 0 Å². The zero-order valence-corrected chi connectivity index (χ0v) is 11.7. The Labute approximate surface area is 113 Å². The summed E-state index contributed by atoms with van der Waals surface area (Å²) in [4.78, 5) is 0. The number of hydrogen-bond acceptors (Lipinski definition) is 3. The van der Waals surface area contributed by atoms with Crippen molar-refractivity contribution in [1.29, 1.82) is 0 Å². The van der Waals surface area contributed by atoms with E-state index in [4.69, 9.17) is 21.1 Å². The van der Waals surface area contributed by atoms with Crippen molar-refractivity contribution in [2.45, 2.75) is 32.0 Å². The van der Waals surface area contributed by atoms with Crippen molar-refractivity contribution < 1.29 is 9.47 Å². The van der Waals surface area contributed by atoms with Crippen LogP contribution in [0.25, 0.3) is 0 Å². The molecule has 0 saturated carbocycles. The van der Waals surface area contributed by atoms with Crippen LogP contribution >= 0.6 is 11.6 Å². The van der Waals surface area contributed by atoms with Gasteiger partial charge in [-0.1, -0.05) is 17.7 Å². The number of benzene rings is 1. The molecule has 1 heterocycles. The molecule has 0 aliphatic carbocycles. The van der Waals surface area contributed by atoms with Crippen molar-refractivity contribution in [1.82, 2.24) is 5.32 Å². The van der Waals surface area contributed by atoms with E-state index in [-0.39, 0.29) is 6.10 Å². The topological polar surface area (TPSA) is 30.5 Å². The molecule has 2 unspecified atom stereocenters. The average molecular weight is 270 g/mol. The Balaban J connectivity index is 1.81. The summed E-state index contributed by atoms with van der Waals surface area (Å²) in [6, 6.07) is 5.83. The molecule has 18 heavy (non-hydrogen) atoms. The van der Waals surface area contributed by atoms with E-state index in [0.29, 0.717) is 17.7 Å². The van der Waals surface area contributed by atoms with E-state index < -0.39 is 0 Å². The van der Waals surface area contributed by atoms with Gasteiger partial charge in [0.05, 0.1) is 17.2 Å². The molecule has 1 N–H and O–H groups in total. The summed E-state index contributed by atoms with van der Waals surface area (Å²) in [5.74, 6) is 0.739. The highest BCUT2D eigenvalue weighted by atomic mass is 35.5. The minimum atomic E-state index is 0.181. The van der Waals surface area contributed by atoms with Gasteiger partial charge in [-0.05, 0) is 44.5 Å². The first kappa shape index (κ1) is 13.7. The van der Waals surface area contributed by atoms with Gasteiger partial charge in [-0.15, -0.1) is 0 Å². The van der Waals surface area contributed by atoms with Crippen LogP contribution in [0.1, 0.15) is 18.4 Å². The van der Waals surface area contributed by atoms with Gasteiger partial charge in [0.1, 0.15) is 12.4 Å². The van der Waals surface area contributed by atoms with Gasteiger partial charge >= 0.3 is 0 Å². The molecule has 0 radical (unpaired) electrons. The number of ether oxygens (including phenoxy) is 2. The van der Waals surface area contributed by atoms with E-state index in [1.807, 2.05) is 32.2 Å². The van der Waals surface area contributed by atoms with E-state index in [0.717, 1.165) is 30.7 Å². The largest absolute Gasteiger partial charge is 0.489 e. The van der Waals surface area contributed by atoms with Gasteiger partial charge in [-0.2, -0.15) is 0 Å². The van der Waals surface area contributed by atoms with Crippen LogP contribution < -0.4 is 10.1 Å². The summed E-state index contributed by atoms with van der Waals surface area (Å²) in [6.45, 7) is 3.49. The normalized spacial score (nSPS) is 23.3. The first-order valence-electron chi connectivity index (χ1n) is 6.38. The molecule has 100 valence electrons. The molecule has 0 spiro atoms. The number of halogens is 1. The Kier molecular flexibility index (Phi) is 4.87. The molecule has 3 nitrogen and oxygen atoms in total. The second-order valence-electron chi connectivity index (χ2n) is 4.76. The molecule has 0 bridgehead atoms. The summed E-state index contributed by atoms with van der Waals surface area (Å²) in [6.07, 6.45) is 2.64. The molecular formula is C14H20ClNO2. The number of hydrogen-bond donors (Lipinski definition) is 1. The Morgan fingerprint density at radius 3 is 2.89 bits per heavy atom. The number of nitrogens with one attached hydrogen (secondary N) is 1. The third kappa shape index (κ3) is 3.61. The maximum Gasteiger partial charge on any atom is 0.138 e. The van der Waals surface area contributed by atoms with Crippen molar-refractivity contribution in [2.24, 2.45) is 0 Å². The van der Waals surface area contributed by atoms with Gasteiger partial charge in [-0.25, -0.2) is 0 Å². The van der Waals surface area contributed by atoms with E-state index in [1.165, 1.54) is 0 Å². The molecule has 4 heteroatoms. The van der Waals surface area contributed by atoms with Gasteiger partial charge < -0.3 is 14.8 Å². The predicted octanol–water partition coefficient (Wildman–Crippen LogP) is 2.79. The minimum Gasteiger partial charge on any atom is -0.489 e. The Bertz CT molecular complexity index is 397. The Morgan fingerprint density at radius 2 is 2.17 bits per heavy atom. The highest BCUT2D eigenvalue weighted by molar-refractivity contribution is 6.32. The molecule has 1 aromatic rings. The van der Waals surface area contributed by atoms with E-state index in [9.17, 15) is 0 Å². The smallest absolute Gasteiger partial charge is 0.138 e. The molecule has 2 atom stereocenters. The number of rotatable bonds is 5. The van der Waals surface area contributed by atoms with Crippen LogP contribution in [0.2, 0.25) is 5.02 Å². The van der Waals surface area contributed by atoms with Crippen LogP contribution in [-0.2, 0) is 4.74 Å². The van der Waals surface area contributed by atoms with Gasteiger partial charge in [0, 0.05) is 6.54 Å². The van der Waals surface area contributed by atoms with Crippen LogP contribution in [-0.4, -0.2) is 32.4 Å². The lowest BCUT2D eigenvalue weighted by Gasteiger charge is -2.15. The maximum absolute atomic E-state index is 6.12. The third-order valence-corrected chi connectivity index (χ3v) is 3.43. The fourth-order valence-electron chi connectivity index (χ4n) is 2.19. The zero-order chi connectivity index (χ0) is 13.0. The third-order valence-electron chi connectivity index (χ3n) is 3.14. The summed E-state index contributed by atoms with van der Waals surface area (Å²) in [5, 5.41) is 3.80. The molecule has 2 rings (SSSR count). The van der Waals surface area contributed by atoms with Crippen molar-refractivity contribution in [3.63, 3.8) is 0 Å². The fourth-order valence-corrected chi connectivity index (χ4v) is 2.48. The quantitative estimate of drug-likeness (QED) is 0.892. The second kappa shape index (κ2) is 6.41. The summed E-state index contributed by atoms with van der Waals surface area (Å²) in [5.41, 5.74) is 1.14. The van der Waals surface area contributed by atoms with Crippen LogP contribution in [0.15, 0.2) is 18.2 Å². The first-order valence-corrected chi connectivity index (χ1v) is 6.76. The Morgan fingerprint density at radius 1 is 1.39 bits per heavy atom. The molecule has 1 aliphatic heterocycles. The van der Waals surface area contributed by atoms with Crippen molar-refractivity contribution in [3.05, 3.63) is 28.8 Å². The lowest BCUT2D eigenvalue weighted by Crippen LogP contribution is -2.25. The first-order chi connectivity index (χ1) is 8.69. The van der Waals surface area contributed by atoms with E-state index in [2.05, 4.69) is 5.32 Å². The highest BCUT2D eigenvalue weighted by Gasteiger charge is 2.25. The zero-order valence-electron chi connectivity index (χ0n) is 10.9. The number of likely N-dealkylation sites (N-methyl/N-ethyl adjacent to an activating group) is 1. The number of aryl methyl sites for hydroxylation is 1. The fraction of sp³-hybridized carbons (Fsp3) is 0.571. The van der Waals surface area contributed by atoms with Crippen LogP contribution in [0.5, 0.6) is 5.75 Å². The van der Waals surface area contributed by atoms with Crippen LogP contribution in [0, 0.1) is 6.92 Å². The van der Waals surface area contributed by atoms with Crippen molar-refractivity contribution in [2.75, 3.05) is 20.2 Å². The summed E-state index contributed by atoms with van der Waals surface area (Å²) >= 11 is 6.12. The maximum atomic E-state index is 6.12. The molecule has 1 saturated heterocycles. The predicted molar refractivity (Wildman–Crippen MR) is 73.5 cm³/mol. The molecular weight excluding hydrogens is 250 g/mol. The molecule has 1 aromatic carbocycles. The van der Waals surface area contributed by atoms with Crippen LogP contribution in [0.3, 0.4) is 0 Å². The lowest BCUT2D eigenvalue weighted by molar-refractivity contribution is 0.0194. The van der Waals surface area contributed by atoms with Gasteiger partial charge in [0.25, 0.3) is 0 Å². The van der Waals surface area contributed by atoms with E-state index in [1.54, 1.807) is 0 Å². The van der Waals surface area contributed by atoms with Gasteiger partial charge in [0.15, 0.2) is 0 Å². The summed E-state index contributed by atoms with van der Waals surface area (Å²) in [7, 11) is 1.94. The minimum absolute atomic E-state index is 0.181. The molecule has 0 amide bonds. The van der Waals surface area contributed by atoms with Crippen molar-refractivity contribution in [3.8, 4) is 5.75 Å².